The first-order valence-electron chi connectivity index (χ1n) is 9.57. The van der Waals surface area contributed by atoms with Crippen molar-refractivity contribution in [3.05, 3.63) is 42.5 Å². The highest BCUT2D eigenvalue weighted by molar-refractivity contribution is 5.85. The number of fused-ring (bicyclic) bond motifs is 2. The molecule has 2 saturated heterocycles. The second-order valence-corrected chi connectivity index (χ2v) is 7.79. The summed E-state index contributed by atoms with van der Waals surface area (Å²) in [5.74, 6) is 0.787. The Morgan fingerprint density at radius 2 is 1.93 bits per heavy atom. The molecule has 6 nitrogen and oxygen atoms in total. The van der Waals surface area contributed by atoms with E-state index in [-0.39, 0.29) is 24.4 Å². The van der Waals surface area contributed by atoms with E-state index in [1.807, 2.05) is 24.1 Å². The number of carbonyl (C=O) groups is 1. The minimum absolute atomic E-state index is 0. The number of carbonyl (C=O) groups excluding carboxylic acids is 1. The Morgan fingerprint density at radius 1 is 1.26 bits per heavy atom. The zero-order valence-electron chi connectivity index (χ0n) is 15.9. The van der Waals surface area contributed by atoms with Gasteiger partial charge >= 0.3 is 0 Å². The number of nitrogens with one attached hydrogen (secondary N) is 1. The topological polar surface area (TPSA) is 63.1 Å². The molecular weight excluding hydrogens is 362 g/mol. The van der Waals surface area contributed by atoms with Gasteiger partial charge in [0.25, 0.3) is 0 Å². The molecule has 7 heteroatoms. The summed E-state index contributed by atoms with van der Waals surface area (Å²) in [6, 6.07) is 9.50. The first kappa shape index (κ1) is 19.8. The van der Waals surface area contributed by atoms with Gasteiger partial charge in [0.2, 0.25) is 5.91 Å². The van der Waals surface area contributed by atoms with Crippen LogP contribution in [0.15, 0.2) is 36.9 Å². The van der Waals surface area contributed by atoms with Crippen molar-refractivity contribution in [2.45, 2.75) is 57.2 Å². The lowest BCUT2D eigenvalue weighted by molar-refractivity contribution is -0.133. The number of aromatic nitrogens is 3. The molecule has 2 aliphatic rings. The predicted octanol–water partition coefficient (Wildman–Crippen LogP) is 3.13. The van der Waals surface area contributed by atoms with Crippen molar-refractivity contribution in [3.8, 4) is 5.69 Å². The molecule has 0 aliphatic carbocycles. The predicted molar refractivity (Wildman–Crippen MR) is 107 cm³/mol. The normalized spacial score (nSPS) is 24.9. The van der Waals surface area contributed by atoms with Gasteiger partial charge in [-0.2, -0.15) is 5.10 Å². The molecule has 3 heterocycles. The Labute approximate surface area is 166 Å². The number of piperidine rings is 1. The molecule has 2 bridgehead atoms. The van der Waals surface area contributed by atoms with Gasteiger partial charge in [-0.3, -0.25) is 4.79 Å². The van der Waals surface area contributed by atoms with E-state index in [0.29, 0.717) is 24.4 Å². The van der Waals surface area contributed by atoms with E-state index in [9.17, 15) is 4.79 Å². The lowest BCUT2D eigenvalue weighted by Gasteiger charge is -2.31. The van der Waals surface area contributed by atoms with Crippen LogP contribution in [0.4, 0.5) is 0 Å². The maximum Gasteiger partial charge on any atom is 0.223 e. The SMILES string of the molecule is CC(c1ccc(-n2cncn2)cc1)N(C)C(=O)CC1CC2CCC(C1)N2.Cl. The Morgan fingerprint density at radius 3 is 2.52 bits per heavy atom. The van der Waals surface area contributed by atoms with Crippen molar-refractivity contribution in [3.63, 3.8) is 0 Å². The summed E-state index contributed by atoms with van der Waals surface area (Å²) in [5, 5.41) is 7.79. The molecule has 3 atom stereocenters. The number of hydrogen-bond donors (Lipinski definition) is 1. The highest BCUT2D eigenvalue weighted by Crippen LogP contribution is 2.33. The molecule has 0 radical (unpaired) electrons. The number of rotatable bonds is 5. The second kappa shape index (κ2) is 8.40. The lowest BCUT2D eigenvalue weighted by atomic mass is 9.89. The Kier molecular flexibility index (Phi) is 6.17. The van der Waals surface area contributed by atoms with Crippen LogP contribution in [0.3, 0.4) is 0 Å². The fourth-order valence-corrected chi connectivity index (χ4v) is 4.42. The standard InChI is InChI=1S/C20H27N5O.ClH/c1-14(16-3-7-19(8-4-16)25-13-21-12-22-25)24(2)20(26)11-15-9-17-5-6-18(10-15)23-17;/h3-4,7-8,12-15,17-18,23H,5-6,9-11H2,1-2H3;1H. The van der Waals surface area contributed by atoms with Gasteiger partial charge in [-0.15, -0.1) is 12.4 Å². The third-order valence-electron chi connectivity index (χ3n) is 6.07. The van der Waals surface area contributed by atoms with Crippen molar-refractivity contribution in [2.24, 2.45) is 5.92 Å². The smallest absolute Gasteiger partial charge is 0.223 e. The number of nitrogens with zero attached hydrogens (tertiary/aromatic N) is 4. The number of halogens is 1. The quantitative estimate of drug-likeness (QED) is 0.853. The zero-order valence-corrected chi connectivity index (χ0v) is 16.7. The number of amides is 1. The summed E-state index contributed by atoms with van der Waals surface area (Å²) in [7, 11) is 1.92. The van der Waals surface area contributed by atoms with Gasteiger partial charge in [0, 0.05) is 25.6 Å². The molecule has 2 fully saturated rings. The van der Waals surface area contributed by atoms with E-state index < -0.39 is 0 Å². The molecule has 1 amide bonds. The number of hydrogen-bond acceptors (Lipinski definition) is 4. The van der Waals surface area contributed by atoms with Crippen LogP contribution in [0, 0.1) is 5.92 Å². The molecule has 1 aromatic carbocycles. The zero-order chi connectivity index (χ0) is 18.1. The lowest BCUT2D eigenvalue weighted by Crippen LogP contribution is -2.40. The first-order valence-corrected chi connectivity index (χ1v) is 9.57. The highest BCUT2D eigenvalue weighted by atomic mass is 35.5. The fourth-order valence-electron chi connectivity index (χ4n) is 4.42. The van der Waals surface area contributed by atoms with Crippen molar-refractivity contribution < 1.29 is 4.79 Å². The highest BCUT2D eigenvalue weighted by Gasteiger charge is 2.34. The second-order valence-electron chi connectivity index (χ2n) is 7.79. The van der Waals surface area contributed by atoms with Crippen LogP contribution >= 0.6 is 12.4 Å². The average molecular weight is 390 g/mol. The Balaban J connectivity index is 0.00000210. The molecule has 2 aromatic rings. The summed E-state index contributed by atoms with van der Waals surface area (Å²) in [6.07, 6.45) is 8.73. The minimum atomic E-state index is 0. The van der Waals surface area contributed by atoms with Gasteiger partial charge < -0.3 is 10.2 Å². The van der Waals surface area contributed by atoms with E-state index in [2.05, 4.69) is 34.5 Å². The van der Waals surface area contributed by atoms with E-state index >= 15 is 0 Å². The molecule has 4 rings (SSSR count). The fraction of sp³-hybridized carbons (Fsp3) is 0.550. The minimum Gasteiger partial charge on any atom is -0.339 e. The molecule has 0 saturated carbocycles. The van der Waals surface area contributed by atoms with Gasteiger partial charge in [0.15, 0.2) is 0 Å². The van der Waals surface area contributed by atoms with Crippen LogP contribution in [0.25, 0.3) is 5.69 Å². The van der Waals surface area contributed by atoms with Crippen LogP contribution in [0.1, 0.15) is 50.6 Å². The van der Waals surface area contributed by atoms with Crippen LogP contribution in [0.5, 0.6) is 0 Å². The van der Waals surface area contributed by atoms with E-state index in [1.165, 1.54) is 19.2 Å². The van der Waals surface area contributed by atoms with Crippen LogP contribution in [-0.4, -0.2) is 44.7 Å². The average Bonchev–Trinajstić information content (AvgIpc) is 3.30. The van der Waals surface area contributed by atoms with Gasteiger partial charge in [0.05, 0.1) is 11.7 Å². The summed E-state index contributed by atoms with van der Waals surface area (Å²) in [6.45, 7) is 2.09. The number of benzene rings is 1. The largest absolute Gasteiger partial charge is 0.339 e. The van der Waals surface area contributed by atoms with Gasteiger partial charge in [-0.25, -0.2) is 9.67 Å². The summed E-state index contributed by atoms with van der Waals surface area (Å²) < 4.78 is 1.73. The van der Waals surface area contributed by atoms with Gasteiger partial charge in [0.1, 0.15) is 12.7 Å². The molecule has 146 valence electrons. The maximum absolute atomic E-state index is 12.8. The van der Waals surface area contributed by atoms with Gasteiger partial charge in [-0.05, 0) is 56.2 Å². The summed E-state index contributed by atoms with van der Waals surface area (Å²) in [4.78, 5) is 18.7. The van der Waals surface area contributed by atoms with Crippen LogP contribution in [0.2, 0.25) is 0 Å². The first-order chi connectivity index (χ1) is 12.6. The van der Waals surface area contributed by atoms with Gasteiger partial charge in [-0.1, -0.05) is 12.1 Å². The molecule has 1 aromatic heterocycles. The third-order valence-corrected chi connectivity index (χ3v) is 6.07. The van der Waals surface area contributed by atoms with Crippen molar-refractivity contribution >= 4 is 18.3 Å². The molecule has 0 spiro atoms. The molecule has 1 N–H and O–H groups in total. The van der Waals surface area contributed by atoms with E-state index in [0.717, 1.165) is 24.1 Å². The van der Waals surface area contributed by atoms with E-state index in [1.54, 1.807) is 11.0 Å². The van der Waals surface area contributed by atoms with Crippen LogP contribution in [-0.2, 0) is 4.79 Å². The molecule has 27 heavy (non-hydrogen) atoms. The Hall–Kier alpha value is -1.92. The molecule has 3 unspecified atom stereocenters. The Bertz CT molecular complexity index is 736. The van der Waals surface area contributed by atoms with Crippen molar-refractivity contribution in [1.82, 2.24) is 25.0 Å². The van der Waals surface area contributed by atoms with Crippen molar-refractivity contribution in [1.29, 1.82) is 0 Å². The monoisotopic (exact) mass is 389 g/mol. The summed E-state index contributed by atoms with van der Waals surface area (Å²) in [5.41, 5.74) is 2.10. The van der Waals surface area contributed by atoms with Crippen LogP contribution < -0.4 is 5.32 Å². The van der Waals surface area contributed by atoms with Crippen molar-refractivity contribution in [2.75, 3.05) is 7.05 Å². The maximum atomic E-state index is 12.8. The summed E-state index contributed by atoms with van der Waals surface area (Å²) >= 11 is 0. The van der Waals surface area contributed by atoms with E-state index in [4.69, 9.17) is 0 Å². The molecular formula is C20H28ClN5O. The third kappa shape index (κ3) is 4.33. The molecule has 2 aliphatic heterocycles.